The molecule has 0 aliphatic carbocycles. The quantitative estimate of drug-likeness (QED) is 0.901. The van der Waals surface area contributed by atoms with E-state index in [1.807, 2.05) is 24.3 Å². The number of nitrogens with zero attached hydrogens (tertiary/aromatic N) is 3. The Labute approximate surface area is 114 Å². The monoisotopic (exact) mass is 284 g/mol. The van der Waals surface area contributed by atoms with E-state index in [0.29, 0.717) is 12.4 Å². The number of rotatable bonds is 4. The molecule has 18 heavy (non-hydrogen) atoms. The maximum atomic E-state index is 9.04. The molecule has 0 saturated carbocycles. The first-order valence-electron chi connectivity index (χ1n) is 5.17. The van der Waals surface area contributed by atoms with Gasteiger partial charge in [-0.3, -0.25) is 0 Å². The number of hydrogen-bond donors (Lipinski definition) is 2. The van der Waals surface area contributed by atoms with Gasteiger partial charge < -0.3 is 10.4 Å². The van der Waals surface area contributed by atoms with Crippen LogP contribution in [0.15, 0.2) is 24.3 Å². The van der Waals surface area contributed by atoms with E-state index < -0.39 is 0 Å². The maximum Gasteiger partial charge on any atom is 0.245 e. The Morgan fingerprint density at radius 1 is 1.17 bits per heavy atom. The fraction of sp³-hybridized carbons (Fsp3) is 0.182. The molecule has 1 aromatic heterocycles. The van der Waals surface area contributed by atoms with Crippen molar-refractivity contribution in [1.82, 2.24) is 15.2 Å². The van der Waals surface area contributed by atoms with Crippen LogP contribution >= 0.6 is 23.2 Å². The Morgan fingerprint density at radius 3 is 2.72 bits per heavy atom. The smallest absolute Gasteiger partial charge is 0.245 e. The predicted octanol–water partition coefficient (Wildman–Crippen LogP) is 2.28. The Bertz CT molecular complexity index is 550. The van der Waals surface area contributed by atoms with Crippen LogP contribution in [0.4, 0.5) is 5.82 Å². The van der Waals surface area contributed by atoms with Gasteiger partial charge in [-0.15, -0.1) is 10.2 Å². The molecule has 0 saturated heterocycles. The van der Waals surface area contributed by atoms with Crippen LogP contribution in [0.25, 0.3) is 0 Å². The SMILES string of the molecule is OCc1cccc(CNc2nc(Cl)nnc2Cl)c1. The molecule has 0 spiro atoms. The summed E-state index contributed by atoms with van der Waals surface area (Å²) in [6.45, 7) is 0.512. The average molecular weight is 285 g/mol. The van der Waals surface area contributed by atoms with Gasteiger partial charge in [0, 0.05) is 6.54 Å². The average Bonchev–Trinajstić information content (AvgIpc) is 2.40. The van der Waals surface area contributed by atoms with E-state index in [2.05, 4.69) is 20.5 Å². The van der Waals surface area contributed by atoms with Crippen molar-refractivity contribution in [2.24, 2.45) is 0 Å². The van der Waals surface area contributed by atoms with E-state index in [4.69, 9.17) is 28.3 Å². The van der Waals surface area contributed by atoms with Crippen LogP contribution in [-0.2, 0) is 13.2 Å². The van der Waals surface area contributed by atoms with Crippen LogP contribution in [0.3, 0.4) is 0 Å². The van der Waals surface area contributed by atoms with Gasteiger partial charge in [-0.05, 0) is 22.7 Å². The van der Waals surface area contributed by atoms with Crippen LogP contribution < -0.4 is 5.32 Å². The highest BCUT2D eigenvalue weighted by Gasteiger charge is 2.05. The summed E-state index contributed by atoms with van der Waals surface area (Å²) < 4.78 is 0. The zero-order valence-corrected chi connectivity index (χ0v) is 10.8. The summed E-state index contributed by atoms with van der Waals surface area (Å²) in [5.74, 6) is 0.381. The molecular weight excluding hydrogens is 275 g/mol. The van der Waals surface area contributed by atoms with E-state index in [0.717, 1.165) is 11.1 Å². The third-order valence-corrected chi connectivity index (χ3v) is 2.67. The van der Waals surface area contributed by atoms with Crippen molar-refractivity contribution in [2.75, 3.05) is 5.32 Å². The highest BCUT2D eigenvalue weighted by Crippen LogP contribution is 2.17. The fourth-order valence-corrected chi connectivity index (χ4v) is 1.70. The topological polar surface area (TPSA) is 70.9 Å². The van der Waals surface area contributed by atoms with Gasteiger partial charge in [-0.2, -0.15) is 4.98 Å². The molecule has 0 aliphatic heterocycles. The molecule has 0 unspecified atom stereocenters. The molecule has 94 valence electrons. The second-order valence-corrected chi connectivity index (χ2v) is 4.25. The van der Waals surface area contributed by atoms with Gasteiger partial charge in [0.15, 0.2) is 11.0 Å². The minimum Gasteiger partial charge on any atom is -0.392 e. The van der Waals surface area contributed by atoms with Gasteiger partial charge in [0.25, 0.3) is 0 Å². The highest BCUT2D eigenvalue weighted by atomic mass is 35.5. The first kappa shape index (κ1) is 13.0. The van der Waals surface area contributed by atoms with Gasteiger partial charge >= 0.3 is 0 Å². The summed E-state index contributed by atoms with van der Waals surface area (Å²) >= 11 is 11.5. The van der Waals surface area contributed by atoms with Crippen LogP contribution in [-0.4, -0.2) is 20.3 Å². The first-order valence-corrected chi connectivity index (χ1v) is 5.93. The van der Waals surface area contributed by atoms with Crippen molar-refractivity contribution in [3.05, 3.63) is 45.8 Å². The summed E-state index contributed by atoms with van der Waals surface area (Å²) in [6, 6.07) is 7.53. The van der Waals surface area contributed by atoms with E-state index >= 15 is 0 Å². The Kier molecular flexibility index (Phi) is 4.30. The van der Waals surface area contributed by atoms with Gasteiger partial charge in [0.05, 0.1) is 6.61 Å². The normalized spacial score (nSPS) is 10.4. The largest absolute Gasteiger partial charge is 0.392 e. The highest BCUT2D eigenvalue weighted by molar-refractivity contribution is 6.32. The Balaban J connectivity index is 2.08. The summed E-state index contributed by atoms with van der Waals surface area (Å²) in [5.41, 5.74) is 1.84. The second-order valence-electron chi connectivity index (χ2n) is 3.55. The molecule has 7 heteroatoms. The predicted molar refractivity (Wildman–Crippen MR) is 69.5 cm³/mol. The van der Waals surface area contributed by atoms with Crippen LogP contribution in [0, 0.1) is 0 Å². The van der Waals surface area contributed by atoms with Crippen molar-refractivity contribution in [1.29, 1.82) is 0 Å². The molecule has 0 atom stereocenters. The van der Waals surface area contributed by atoms with Gasteiger partial charge in [-0.25, -0.2) is 0 Å². The third kappa shape index (κ3) is 3.29. The lowest BCUT2D eigenvalue weighted by atomic mass is 10.1. The van der Waals surface area contributed by atoms with E-state index in [1.165, 1.54) is 0 Å². The van der Waals surface area contributed by atoms with Crippen molar-refractivity contribution in [3.63, 3.8) is 0 Å². The fourth-order valence-electron chi connectivity index (χ4n) is 1.43. The number of halogens is 2. The van der Waals surface area contributed by atoms with E-state index in [1.54, 1.807) is 0 Å². The maximum absolute atomic E-state index is 9.04. The number of nitrogens with one attached hydrogen (secondary N) is 1. The van der Waals surface area contributed by atoms with Gasteiger partial charge in [-0.1, -0.05) is 35.9 Å². The molecule has 0 radical (unpaired) electrons. The van der Waals surface area contributed by atoms with Crippen molar-refractivity contribution < 1.29 is 5.11 Å². The molecular formula is C11H10Cl2N4O. The van der Waals surface area contributed by atoms with Crippen LogP contribution in [0.1, 0.15) is 11.1 Å². The van der Waals surface area contributed by atoms with Crippen LogP contribution in [0.2, 0.25) is 10.4 Å². The van der Waals surface area contributed by atoms with E-state index in [-0.39, 0.29) is 17.0 Å². The zero-order chi connectivity index (χ0) is 13.0. The minimum absolute atomic E-state index is 0.00941. The zero-order valence-electron chi connectivity index (χ0n) is 9.27. The lowest BCUT2D eigenvalue weighted by Crippen LogP contribution is -2.04. The molecule has 2 rings (SSSR count). The second kappa shape index (κ2) is 5.95. The lowest BCUT2D eigenvalue weighted by molar-refractivity contribution is 0.281. The van der Waals surface area contributed by atoms with Crippen molar-refractivity contribution in [3.8, 4) is 0 Å². The summed E-state index contributed by atoms with van der Waals surface area (Å²) in [7, 11) is 0. The van der Waals surface area contributed by atoms with Crippen LogP contribution in [0.5, 0.6) is 0 Å². The molecule has 1 heterocycles. The number of aliphatic hydroxyl groups excluding tert-OH is 1. The lowest BCUT2D eigenvalue weighted by Gasteiger charge is -2.07. The molecule has 0 bridgehead atoms. The molecule has 2 aromatic rings. The molecule has 5 nitrogen and oxygen atoms in total. The van der Waals surface area contributed by atoms with E-state index in [9.17, 15) is 0 Å². The standard InChI is InChI=1S/C11H10Cl2N4O/c12-9-10(15-11(13)17-16-9)14-5-7-2-1-3-8(4-7)6-18/h1-4,18H,5-6H2,(H,14,15,17). The van der Waals surface area contributed by atoms with Gasteiger partial charge in [0.2, 0.25) is 5.28 Å². The summed E-state index contributed by atoms with van der Waals surface area (Å²) in [4.78, 5) is 3.93. The Morgan fingerprint density at radius 2 is 1.94 bits per heavy atom. The third-order valence-electron chi connectivity index (χ3n) is 2.25. The van der Waals surface area contributed by atoms with Crippen molar-refractivity contribution in [2.45, 2.75) is 13.2 Å². The number of benzene rings is 1. The molecule has 0 amide bonds. The molecule has 1 aromatic carbocycles. The number of hydrogen-bond acceptors (Lipinski definition) is 5. The summed E-state index contributed by atoms with van der Waals surface area (Å²) in [6.07, 6.45) is 0. The Hall–Kier alpha value is -1.43. The van der Waals surface area contributed by atoms with Gasteiger partial charge in [0.1, 0.15) is 0 Å². The molecule has 0 aliphatic rings. The molecule has 0 fully saturated rings. The number of aliphatic hydroxyl groups is 1. The minimum atomic E-state index is 0.00941. The number of aromatic nitrogens is 3. The molecule has 2 N–H and O–H groups in total. The first-order chi connectivity index (χ1) is 8.69. The summed E-state index contributed by atoms with van der Waals surface area (Å²) in [5, 5.41) is 19.4. The van der Waals surface area contributed by atoms with Crippen molar-refractivity contribution >= 4 is 29.0 Å². The number of anilines is 1.